The Morgan fingerprint density at radius 3 is 2.39 bits per heavy atom. The molecule has 1 aromatic heterocycles. The van der Waals surface area contributed by atoms with Gasteiger partial charge in [-0.3, -0.25) is 4.79 Å². The Morgan fingerprint density at radius 1 is 1.14 bits per heavy atom. The van der Waals surface area contributed by atoms with Gasteiger partial charge in [0.15, 0.2) is 0 Å². The molecule has 0 radical (unpaired) electrons. The zero-order chi connectivity index (χ0) is 20.9. The minimum atomic E-state index is -4.46. The van der Waals surface area contributed by atoms with E-state index in [1.54, 1.807) is 6.92 Å². The fourth-order valence-corrected chi connectivity index (χ4v) is 2.52. The van der Waals surface area contributed by atoms with Gasteiger partial charge in [-0.2, -0.15) is 13.2 Å². The Bertz CT molecular complexity index is 834. The van der Waals surface area contributed by atoms with Crippen molar-refractivity contribution in [1.82, 2.24) is 4.98 Å². The molecule has 28 heavy (non-hydrogen) atoms. The average Bonchev–Trinajstić information content (AvgIpc) is 2.62. The van der Waals surface area contributed by atoms with Gasteiger partial charge in [0, 0.05) is 23.5 Å². The summed E-state index contributed by atoms with van der Waals surface area (Å²) in [5.74, 6) is -1.16. The molecule has 1 aromatic carbocycles. The number of anilines is 2. The molecular formula is C20H21F4N3O. The number of allylic oxidation sites excluding steroid dienone is 1. The number of alkyl halides is 3. The smallest absolute Gasteiger partial charge is 0.344 e. The van der Waals surface area contributed by atoms with Crippen LogP contribution in [0.25, 0.3) is 0 Å². The largest absolute Gasteiger partial charge is 0.416 e. The van der Waals surface area contributed by atoms with E-state index in [9.17, 15) is 22.4 Å². The summed E-state index contributed by atoms with van der Waals surface area (Å²) in [4.78, 5) is 16.2. The van der Waals surface area contributed by atoms with Crippen molar-refractivity contribution in [1.29, 1.82) is 0 Å². The Balaban J connectivity index is 1.92. The Labute approximate surface area is 160 Å². The van der Waals surface area contributed by atoms with Gasteiger partial charge >= 0.3 is 6.18 Å². The number of carbonyl (C=O) groups excluding carboxylic acids is 1. The Morgan fingerprint density at radius 2 is 1.79 bits per heavy atom. The van der Waals surface area contributed by atoms with Crippen molar-refractivity contribution in [2.75, 3.05) is 10.6 Å². The van der Waals surface area contributed by atoms with Crippen LogP contribution in [-0.4, -0.2) is 10.9 Å². The van der Waals surface area contributed by atoms with E-state index >= 15 is 0 Å². The first kappa shape index (κ1) is 21.4. The number of aromatic nitrogens is 1. The third-order valence-electron chi connectivity index (χ3n) is 4.34. The highest BCUT2D eigenvalue weighted by molar-refractivity contribution is 5.92. The van der Waals surface area contributed by atoms with Crippen molar-refractivity contribution in [3.05, 3.63) is 66.3 Å². The lowest BCUT2D eigenvalue weighted by molar-refractivity contribution is -0.137. The van der Waals surface area contributed by atoms with Crippen molar-refractivity contribution in [2.24, 2.45) is 11.8 Å². The molecule has 8 heteroatoms. The second-order valence-corrected chi connectivity index (χ2v) is 6.62. The van der Waals surface area contributed by atoms with E-state index < -0.39 is 23.5 Å². The van der Waals surface area contributed by atoms with Crippen LogP contribution in [0.1, 0.15) is 25.8 Å². The van der Waals surface area contributed by atoms with Gasteiger partial charge in [-0.1, -0.05) is 20.4 Å². The van der Waals surface area contributed by atoms with Crippen molar-refractivity contribution in [3.8, 4) is 0 Å². The standard InChI is InChI=1S/C20H21F4N3O/c1-12(14(3)19(28)27-17-6-4-16(21)5-7-17)10-13(2)26-18-11-15(8-9-25-18)20(22,23)24/h4-9,11-12,14H,2,10H2,1,3H3,(H,25,26)(H,27,28). The molecule has 0 aliphatic carbocycles. The summed E-state index contributed by atoms with van der Waals surface area (Å²) in [6.45, 7) is 7.38. The molecule has 0 saturated carbocycles. The van der Waals surface area contributed by atoms with Gasteiger partial charge in [0.2, 0.25) is 5.91 Å². The second kappa shape index (κ2) is 8.86. The SMILES string of the molecule is C=C(CC(C)C(C)C(=O)Nc1ccc(F)cc1)Nc1cc(C(F)(F)F)ccn1. The zero-order valence-electron chi connectivity index (χ0n) is 15.5. The van der Waals surface area contributed by atoms with E-state index in [0.717, 1.165) is 18.3 Å². The van der Waals surface area contributed by atoms with Gasteiger partial charge in [0.05, 0.1) is 5.56 Å². The number of hydrogen-bond acceptors (Lipinski definition) is 3. The monoisotopic (exact) mass is 395 g/mol. The average molecular weight is 395 g/mol. The molecule has 2 atom stereocenters. The normalized spacial score (nSPS) is 13.5. The summed E-state index contributed by atoms with van der Waals surface area (Å²) in [6.07, 6.45) is -3.03. The maximum absolute atomic E-state index is 12.9. The maximum Gasteiger partial charge on any atom is 0.416 e. The molecule has 1 amide bonds. The summed E-state index contributed by atoms with van der Waals surface area (Å²) in [5, 5.41) is 5.46. The zero-order valence-corrected chi connectivity index (χ0v) is 15.5. The molecule has 0 fully saturated rings. The Hall–Kier alpha value is -2.90. The lowest BCUT2D eigenvalue weighted by atomic mass is 9.91. The van der Waals surface area contributed by atoms with E-state index in [-0.39, 0.29) is 17.6 Å². The maximum atomic E-state index is 12.9. The number of carbonyl (C=O) groups is 1. The number of amides is 1. The molecule has 0 aliphatic rings. The summed E-state index contributed by atoms with van der Waals surface area (Å²) in [7, 11) is 0. The molecule has 2 N–H and O–H groups in total. The minimum absolute atomic E-state index is 0.0374. The van der Waals surface area contributed by atoms with E-state index in [2.05, 4.69) is 22.2 Å². The van der Waals surface area contributed by atoms with Crippen LogP contribution < -0.4 is 10.6 Å². The first-order valence-corrected chi connectivity index (χ1v) is 8.60. The highest BCUT2D eigenvalue weighted by atomic mass is 19.4. The van der Waals surface area contributed by atoms with Crippen LogP contribution in [-0.2, 0) is 11.0 Å². The van der Waals surface area contributed by atoms with Gasteiger partial charge in [-0.05, 0) is 48.7 Å². The van der Waals surface area contributed by atoms with Crippen LogP contribution >= 0.6 is 0 Å². The van der Waals surface area contributed by atoms with Gasteiger partial charge < -0.3 is 10.6 Å². The second-order valence-electron chi connectivity index (χ2n) is 6.62. The van der Waals surface area contributed by atoms with E-state index in [4.69, 9.17) is 0 Å². The first-order chi connectivity index (χ1) is 13.1. The first-order valence-electron chi connectivity index (χ1n) is 8.60. The topological polar surface area (TPSA) is 54.0 Å². The lowest BCUT2D eigenvalue weighted by Crippen LogP contribution is -2.26. The third-order valence-corrected chi connectivity index (χ3v) is 4.34. The summed E-state index contributed by atoms with van der Waals surface area (Å²) >= 11 is 0. The number of pyridine rings is 1. The van der Waals surface area contributed by atoms with Gasteiger partial charge in [-0.15, -0.1) is 0 Å². The number of rotatable bonds is 7. The van der Waals surface area contributed by atoms with Crippen LogP contribution in [0.5, 0.6) is 0 Å². The predicted molar refractivity (Wildman–Crippen MR) is 100.0 cm³/mol. The number of nitrogens with zero attached hydrogens (tertiary/aromatic N) is 1. The van der Waals surface area contributed by atoms with E-state index in [0.29, 0.717) is 17.8 Å². The highest BCUT2D eigenvalue weighted by Crippen LogP contribution is 2.30. The van der Waals surface area contributed by atoms with Crippen molar-refractivity contribution in [3.63, 3.8) is 0 Å². The van der Waals surface area contributed by atoms with Crippen LogP contribution in [0.3, 0.4) is 0 Å². The molecule has 4 nitrogen and oxygen atoms in total. The fraction of sp³-hybridized carbons (Fsp3) is 0.300. The van der Waals surface area contributed by atoms with Gasteiger partial charge in [-0.25, -0.2) is 9.37 Å². The molecule has 0 aliphatic heterocycles. The molecule has 1 heterocycles. The van der Waals surface area contributed by atoms with Gasteiger partial charge in [0.1, 0.15) is 11.6 Å². The van der Waals surface area contributed by atoms with E-state index in [1.165, 1.54) is 24.3 Å². The van der Waals surface area contributed by atoms with Crippen molar-refractivity contribution in [2.45, 2.75) is 26.4 Å². The Kier molecular flexibility index (Phi) is 6.77. The lowest BCUT2D eigenvalue weighted by Gasteiger charge is -2.21. The fourth-order valence-electron chi connectivity index (χ4n) is 2.52. The molecule has 2 rings (SSSR count). The molecular weight excluding hydrogens is 374 g/mol. The number of halogens is 4. The quantitative estimate of drug-likeness (QED) is 0.612. The van der Waals surface area contributed by atoms with Crippen LogP contribution in [0, 0.1) is 17.7 Å². The molecule has 0 saturated heterocycles. The van der Waals surface area contributed by atoms with Crippen LogP contribution in [0.4, 0.5) is 29.1 Å². The van der Waals surface area contributed by atoms with Gasteiger partial charge in [0.25, 0.3) is 0 Å². The summed E-state index contributed by atoms with van der Waals surface area (Å²) in [6, 6.07) is 7.21. The summed E-state index contributed by atoms with van der Waals surface area (Å²) < 4.78 is 51.2. The molecule has 0 spiro atoms. The van der Waals surface area contributed by atoms with Crippen LogP contribution in [0.15, 0.2) is 54.9 Å². The predicted octanol–water partition coefficient (Wildman–Crippen LogP) is 5.47. The summed E-state index contributed by atoms with van der Waals surface area (Å²) in [5.41, 5.74) is 0.120. The molecule has 2 unspecified atom stereocenters. The number of nitrogens with one attached hydrogen (secondary N) is 2. The molecule has 150 valence electrons. The van der Waals surface area contributed by atoms with Crippen LogP contribution in [0.2, 0.25) is 0 Å². The number of benzene rings is 1. The van der Waals surface area contributed by atoms with Crippen molar-refractivity contribution >= 4 is 17.4 Å². The molecule has 2 aromatic rings. The van der Waals surface area contributed by atoms with E-state index in [1.807, 2.05) is 6.92 Å². The number of hydrogen-bond donors (Lipinski definition) is 2. The highest BCUT2D eigenvalue weighted by Gasteiger charge is 2.30. The third kappa shape index (κ3) is 6.07. The molecule has 0 bridgehead atoms. The minimum Gasteiger partial charge on any atom is -0.344 e. The van der Waals surface area contributed by atoms with Crippen molar-refractivity contribution < 1.29 is 22.4 Å².